The van der Waals surface area contributed by atoms with Gasteiger partial charge in [0, 0.05) is 18.6 Å². The molecule has 2 amide bonds. The highest BCUT2D eigenvalue weighted by Crippen LogP contribution is 2.11. The Morgan fingerprint density at radius 1 is 1.35 bits per heavy atom. The van der Waals surface area contributed by atoms with Gasteiger partial charge in [-0.25, -0.2) is 0 Å². The van der Waals surface area contributed by atoms with Crippen LogP contribution in [0.4, 0.5) is 0 Å². The van der Waals surface area contributed by atoms with Gasteiger partial charge in [0.05, 0.1) is 12.6 Å². The molecule has 0 saturated carbocycles. The van der Waals surface area contributed by atoms with Gasteiger partial charge >= 0.3 is 0 Å². The van der Waals surface area contributed by atoms with Crippen molar-refractivity contribution in [3.05, 3.63) is 0 Å². The van der Waals surface area contributed by atoms with E-state index in [1.807, 2.05) is 27.7 Å². The number of amides is 2. The molecular weight excluding hydrogens is 218 g/mol. The number of likely N-dealkylation sites (tertiary alicyclic amines) is 1. The number of rotatable bonds is 5. The maximum atomic E-state index is 11.9. The zero-order valence-corrected chi connectivity index (χ0v) is 11.1. The Hall–Kier alpha value is -1.10. The fourth-order valence-electron chi connectivity index (χ4n) is 1.99. The third-order valence-corrected chi connectivity index (χ3v) is 2.62. The van der Waals surface area contributed by atoms with Crippen LogP contribution in [0.25, 0.3) is 0 Å². The molecule has 17 heavy (non-hydrogen) atoms. The zero-order valence-electron chi connectivity index (χ0n) is 11.1. The Kier molecular flexibility index (Phi) is 4.93. The van der Waals surface area contributed by atoms with Crippen LogP contribution in [-0.2, 0) is 9.59 Å². The van der Waals surface area contributed by atoms with Gasteiger partial charge in [-0.2, -0.15) is 0 Å². The van der Waals surface area contributed by atoms with Crippen molar-refractivity contribution in [2.75, 3.05) is 13.1 Å². The first-order chi connectivity index (χ1) is 7.90. The molecule has 0 aliphatic carbocycles. The smallest absolute Gasteiger partial charge is 0.240 e. The number of carbonyl (C=O) groups is 2. The Morgan fingerprint density at radius 2 is 2.00 bits per heavy atom. The molecule has 2 N–H and O–H groups in total. The number of hydrogen-bond donors (Lipinski definition) is 2. The minimum Gasteiger partial charge on any atom is -0.352 e. The lowest BCUT2D eigenvalue weighted by atomic mass is 10.2. The Bertz CT molecular complexity index is 289. The van der Waals surface area contributed by atoms with Gasteiger partial charge in [0.2, 0.25) is 11.8 Å². The molecule has 0 radical (unpaired) electrons. The Balaban J connectivity index is 2.42. The third kappa shape index (κ3) is 4.34. The van der Waals surface area contributed by atoms with E-state index in [2.05, 4.69) is 10.6 Å². The Labute approximate surface area is 103 Å². The SMILES string of the molecule is CC(C)NC(=O)CN1CCC(NC(C)C)C1=O. The van der Waals surface area contributed by atoms with Crippen LogP contribution < -0.4 is 10.6 Å². The third-order valence-electron chi connectivity index (χ3n) is 2.62. The molecule has 0 aromatic carbocycles. The van der Waals surface area contributed by atoms with Gasteiger partial charge < -0.3 is 15.5 Å². The lowest BCUT2D eigenvalue weighted by Gasteiger charge is -2.18. The van der Waals surface area contributed by atoms with Crippen molar-refractivity contribution >= 4 is 11.8 Å². The lowest BCUT2D eigenvalue weighted by molar-refractivity contribution is -0.134. The average molecular weight is 241 g/mol. The van der Waals surface area contributed by atoms with E-state index in [9.17, 15) is 9.59 Å². The molecule has 1 aliphatic rings. The summed E-state index contributed by atoms with van der Waals surface area (Å²) in [7, 11) is 0. The van der Waals surface area contributed by atoms with E-state index in [0.29, 0.717) is 6.54 Å². The summed E-state index contributed by atoms with van der Waals surface area (Å²) in [6.07, 6.45) is 0.784. The highest BCUT2D eigenvalue weighted by Gasteiger charge is 2.32. The summed E-state index contributed by atoms with van der Waals surface area (Å²) in [6.45, 7) is 8.69. The minimum atomic E-state index is -0.123. The first-order valence-electron chi connectivity index (χ1n) is 6.24. The van der Waals surface area contributed by atoms with Crippen LogP contribution in [0.1, 0.15) is 34.1 Å². The van der Waals surface area contributed by atoms with Crippen molar-refractivity contribution in [1.82, 2.24) is 15.5 Å². The second-order valence-corrected chi connectivity index (χ2v) is 5.14. The summed E-state index contributed by atoms with van der Waals surface area (Å²) in [5, 5.41) is 6.01. The van der Waals surface area contributed by atoms with Crippen LogP contribution in [-0.4, -0.2) is 47.9 Å². The van der Waals surface area contributed by atoms with E-state index in [4.69, 9.17) is 0 Å². The molecular formula is C12H23N3O2. The number of nitrogens with one attached hydrogen (secondary N) is 2. The van der Waals surface area contributed by atoms with Gasteiger partial charge in [-0.3, -0.25) is 9.59 Å². The fraction of sp³-hybridized carbons (Fsp3) is 0.833. The van der Waals surface area contributed by atoms with Crippen LogP contribution in [0.2, 0.25) is 0 Å². The van der Waals surface area contributed by atoms with Crippen molar-refractivity contribution in [2.24, 2.45) is 0 Å². The predicted octanol–water partition coefficient (Wildman–Crippen LogP) is 0.110. The maximum Gasteiger partial charge on any atom is 0.240 e. The van der Waals surface area contributed by atoms with E-state index in [1.54, 1.807) is 4.90 Å². The molecule has 1 atom stereocenters. The number of nitrogens with zero attached hydrogens (tertiary/aromatic N) is 1. The second-order valence-electron chi connectivity index (χ2n) is 5.14. The maximum absolute atomic E-state index is 11.9. The van der Waals surface area contributed by atoms with E-state index < -0.39 is 0 Å². The molecule has 1 unspecified atom stereocenters. The van der Waals surface area contributed by atoms with Crippen molar-refractivity contribution in [3.63, 3.8) is 0 Å². The van der Waals surface area contributed by atoms with Gasteiger partial charge in [0.25, 0.3) is 0 Å². The second kappa shape index (κ2) is 6.00. The minimum absolute atomic E-state index is 0.0395. The molecule has 0 aromatic rings. The Morgan fingerprint density at radius 3 is 2.53 bits per heavy atom. The summed E-state index contributed by atoms with van der Waals surface area (Å²) < 4.78 is 0. The van der Waals surface area contributed by atoms with Gasteiger partial charge in [0.1, 0.15) is 0 Å². The molecule has 98 valence electrons. The molecule has 0 spiro atoms. The quantitative estimate of drug-likeness (QED) is 0.718. The molecule has 5 heteroatoms. The summed E-state index contributed by atoms with van der Waals surface area (Å²) >= 11 is 0. The molecule has 0 bridgehead atoms. The summed E-state index contributed by atoms with van der Waals surface area (Å²) in [5.41, 5.74) is 0. The lowest BCUT2D eigenvalue weighted by Crippen LogP contribution is -2.45. The van der Waals surface area contributed by atoms with E-state index >= 15 is 0 Å². The summed E-state index contributed by atoms with van der Waals surface area (Å²) in [6, 6.07) is 0.278. The molecule has 1 aliphatic heterocycles. The highest BCUT2D eigenvalue weighted by atomic mass is 16.2. The van der Waals surface area contributed by atoms with E-state index in [-0.39, 0.29) is 36.5 Å². The van der Waals surface area contributed by atoms with Crippen molar-refractivity contribution in [3.8, 4) is 0 Å². The van der Waals surface area contributed by atoms with Crippen LogP contribution in [0.3, 0.4) is 0 Å². The normalized spacial score (nSPS) is 20.5. The number of hydrogen-bond acceptors (Lipinski definition) is 3. The summed E-state index contributed by atoms with van der Waals surface area (Å²) in [5.74, 6) is -0.0452. The number of carbonyl (C=O) groups excluding carboxylic acids is 2. The zero-order chi connectivity index (χ0) is 13.0. The molecule has 1 heterocycles. The highest BCUT2D eigenvalue weighted by molar-refractivity contribution is 5.89. The van der Waals surface area contributed by atoms with Crippen molar-refractivity contribution < 1.29 is 9.59 Å². The van der Waals surface area contributed by atoms with Gasteiger partial charge in [-0.15, -0.1) is 0 Å². The predicted molar refractivity (Wildman–Crippen MR) is 66.5 cm³/mol. The standard InChI is InChI=1S/C12H23N3O2/c1-8(2)13-10-5-6-15(12(10)17)7-11(16)14-9(3)4/h8-10,13H,5-7H2,1-4H3,(H,14,16). The van der Waals surface area contributed by atoms with Crippen molar-refractivity contribution in [2.45, 2.75) is 52.2 Å². The molecule has 1 fully saturated rings. The van der Waals surface area contributed by atoms with Gasteiger partial charge in [0.15, 0.2) is 0 Å². The molecule has 1 rings (SSSR count). The largest absolute Gasteiger partial charge is 0.352 e. The van der Waals surface area contributed by atoms with Gasteiger partial charge in [-0.05, 0) is 20.3 Å². The molecule has 1 saturated heterocycles. The first kappa shape index (κ1) is 14.0. The molecule has 0 aromatic heterocycles. The topological polar surface area (TPSA) is 61.4 Å². The van der Waals surface area contributed by atoms with Crippen LogP contribution >= 0.6 is 0 Å². The van der Waals surface area contributed by atoms with Crippen LogP contribution in [0.15, 0.2) is 0 Å². The fourth-order valence-corrected chi connectivity index (χ4v) is 1.99. The average Bonchev–Trinajstić information content (AvgIpc) is 2.48. The molecule has 5 nitrogen and oxygen atoms in total. The van der Waals surface area contributed by atoms with E-state index in [0.717, 1.165) is 6.42 Å². The monoisotopic (exact) mass is 241 g/mol. The van der Waals surface area contributed by atoms with Crippen molar-refractivity contribution in [1.29, 1.82) is 0 Å². The first-order valence-corrected chi connectivity index (χ1v) is 6.24. The van der Waals surface area contributed by atoms with E-state index in [1.165, 1.54) is 0 Å². The van der Waals surface area contributed by atoms with Gasteiger partial charge in [-0.1, -0.05) is 13.8 Å². The van der Waals surface area contributed by atoms with Crippen LogP contribution in [0, 0.1) is 0 Å². The van der Waals surface area contributed by atoms with Crippen LogP contribution in [0.5, 0.6) is 0 Å². The summed E-state index contributed by atoms with van der Waals surface area (Å²) in [4.78, 5) is 25.1.